The van der Waals surface area contributed by atoms with E-state index >= 15 is 0 Å². The number of piperidine rings is 1. The molecule has 0 bridgehead atoms. The summed E-state index contributed by atoms with van der Waals surface area (Å²) in [7, 11) is 0. The average molecular weight is 240 g/mol. The fourth-order valence-electron chi connectivity index (χ4n) is 2.81. The van der Waals surface area contributed by atoms with Crippen molar-refractivity contribution in [3.8, 4) is 0 Å². The van der Waals surface area contributed by atoms with Gasteiger partial charge >= 0.3 is 0 Å². The number of hydrogen-bond acceptors (Lipinski definition) is 2. The van der Waals surface area contributed by atoms with Crippen LogP contribution in [0.25, 0.3) is 0 Å². The summed E-state index contributed by atoms with van der Waals surface area (Å²) in [5.41, 5.74) is 0. The molecule has 1 unspecified atom stereocenters. The first-order valence-corrected chi connectivity index (χ1v) is 7.79. The van der Waals surface area contributed by atoms with Crippen LogP contribution in [0.2, 0.25) is 0 Å². The lowest BCUT2D eigenvalue weighted by Gasteiger charge is -2.32. The Morgan fingerprint density at radius 1 is 1.12 bits per heavy atom. The Morgan fingerprint density at radius 2 is 1.94 bits per heavy atom. The fraction of sp³-hybridized carbons (Fsp3) is 1.00. The van der Waals surface area contributed by atoms with Crippen LogP contribution in [0, 0.1) is 5.92 Å². The Hall–Kier alpha value is -0.0800. The molecule has 102 valence electrons. The minimum Gasteiger partial charge on any atom is -0.317 e. The van der Waals surface area contributed by atoms with Crippen molar-refractivity contribution >= 4 is 0 Å². The molecule has 0 aliphatic carbocycles. The van der Waals surface area contributed by atoms with Crippen molar-refractivity contribution in [2.75, 3.05) is 32.7 Å². The first kappa shape index (κ1) is 15.0. The lowest BCUT2D eigenvalue weighted by molar-refractivity contribution is 0.170. The van der Waals surface area contributed by atoms with E-state index in [0.717, 1.165) is 12.5 Å². The minimum atomic E-state index is 0.902. The number of rotatable bonds is 9. The molecule has 0 aromatic rings. The molecule has 1 heterocycles. The summed E-state index contributed by atoms with van der Waals surface area (Å²) in [6.07, 6.45) is 9.89. The Labute approximate surface area is 108 Å². The summed E-state index contributed by atoms with van der Waals surface area (Å²) in [5.74, 6) is 0.902. The van der Waals surface area contributed by atoms with Crippen LogP contribution in [0.4, 0.5) is 0 Å². The summed E-state index contributed by atoms with van der Waals surface area (Å²) in [5, 5.41) is 3.50. The Kier molecular flexibility index (Phi) is 8.72. The van der Waals surface area contributed by atoms with Crippen LogP contribution in [0.15, 0.2) is 0 Å². The zero-order valence-electron chi connectivity index (χ0n) is 12.0. The average Bonchev–Trinajstić information content (AvgIpc) is 2.37. The lowest BCUT2D eigenvalue weighted by atomic mass is 9.97. The molecule has 1 saturated heterocycles. The second-order valence-corrected chi connectivity index (χ2v) is 5.53. The van der Waals surface area contributed by atoms with E-state index in [9.17, 15) is 0 Å². The zero-order valence-corrected chi connectivity index (χ0v) is 12.0. The summed E-state index contributed by atoms with van der Waals surface area (Å²) < 4.78 is 0. The minimum absolute atomic E-state index is 0.902. The molecule has 0 aromatic heterocycles. The summed E-state index contributed by atoms with van der Waals surface area (Å²) >= 11 is 0. The van der Waals surface area contributed by atoms with E-state index in [1.54, 1.807) is 0 Å². The molecule has 2 nitrogen and oxygen atoms in total. The highest BCUT2D eigenvalue weighted by atomic mass is 15.1. The molecule has 1 aliphatic rings. The maximum absolute atomic E-state index is 3.50. The standard InChI is InChI=1S/C15H32N2/c1-3-5-6-7-8-11-17-12-9-10-15(14-17)13-16-4-2/h15-16H,3-14H2,1-2H3. The monoisotopic (exact) mass is 240 g/mol. The number of nitrogens with zero attached hydrogens (tertiary/aromatic N) is 1. The smallest absolute Gasteiger partial charge is 0.00218 e. The Balaban J connectivity index is 2.03. The molecule has 17 heavy (non-hydrogen) atoms. The molecule has 1 rings (SSSR count). The van der Waals surface area contributed by atoms with Crippen molar-refractivity contribution in [1.29, 1.82) is 0 Å². The lowest BCUT2D eigenvalue weighted by Crippen LogP contribution is -2.40. The van der Waals surface area contributed by atoms with Crippen LogP contribution in [-0.2, 0) is 0 Å². The second-order valence-electron chi connectivity index (χ2n) is 5.53. The van der Waals surface area contributed by atoms with E-state index < -0.39 is 0 Å². The SMILES string of the molecule is CCCCCCCN1CCCC(CNCC)C1. The van der Waals surface area contributed by atoms with Crippen molar-refractivity contribution in [1.82, 2.24) is 10.2 Å². The molecule has 0 spiro atoms. The third-order valence-electron chi connectivity index (χ3n) is 3.86. The van der Waals surface area contributed by atoms with Crippen LogP contribution >= 0.6 is 0 Å². The van der Waals surface area contributed by atoms with E-state index in [-0.39, 0.29) is 0 Å². The van der Waals surface area contributed by atoms with Crippen LogP contribution in [0.3, 0.4) is 0 Å². The summed E-state index contributed by atoms with van der Waals surface area (Å²) in [4.78, 5) is 2.69. The maximum atomic E-state index is 3.50. The topological polar surface area (TPSA) is 15.3 Å². The molecule has 1 N–H and O–H groups in total. The predicted octanol–water partition coefficient (Wildman–Crippen LogP) is 3.28. The molecule has 0 amide bonds. The highest BCUT2D eigenvalue weighted by molar-refractivity contribution is 4.74. The number of likely N-dealkylation sites (tertiary alicyclic amines) is 1. The van der Waals surface area contributed by atoms with Gasteiger partial charge in [-0.2, -0.15) is 0 Å². The van der Waals surface area contributed by atoms with E-state index in [0.29, 0.717) is 0 Å². The van der Waals surface area contributed by atoms with Gasteiger partial charge in [0.25, 0.3) is 0 Å². The Bertz CT molecular complexity index is 170. The predicted molar refractivity (Wildman–Crippen MR) is 76.5 cm³/mol. The van der Waals surface area contributed by atoms with Gasteiger partial charge in [-0.25, -0.2) is 0 Å². The summed E-state index contributed by atoms with van der Waals surface area (Å²) in [6.45, 7) is 10.9. The van der Waals surface area contributed by atoms with Gasteiger partial charge in [-0.1, -0.05) is 39.5 Å². The molecule has 0 radical (unpaired) electrons. The van der Waals surface area contributed by atoms with Crippen LogP contribution in [-0.4, -0.2) is 37.6 Å². The second kappa shape index (κ2) is 9.90. The Morgan fingerprint density at radius 3 is 2.71 bits per heavy atom. The molecule has 0 saturated carbocycles. The van der Waals surface area contributed by atoms with Crippen LogP contribution < -0.4 is 5.32 Å². The maximum Gasteiger partial charge on any atom is 0.00218 e. The fourth-order valence-corrected chi connectivity index (χ4v) is 2.81. The van der Waals surface area contributed by atoms with Crippen LogP contribution in [0.5, 0.6) is 0 Å². The van der Waals surface area contributed by atoms with Gasteiger partial charge in [-0.3, -0.25) is 0 Å². The van der Waals surface area contributed by atoms with E-state index in [1.807, 2.05) is 0 Å². The first-order valence-electron chi connectivity index (χ1n) is 7.79. The van der Waals surface area contributed by atoms with Gasteiger partial charge in [0.2, 0.25) is 0 Å². The number of nitrogens with one attached hydrogen (secondary N) is 1. The first-order chi connectivity index (χ1) is 8.36. The molecular weight excluding hydrogens is 208 g/mol. The van der Waals surface area contributed by atoms with Gasteiger partial charge in [-0.15, -0.1) is 0 Å². The normalized spacial score (nSPS) is 21.9. The molecule has 2 heteroatoms. The van der Waals surface area contributed by atoms with Crippen molar-refractivity contribution in [2.24, 2.45) is 5.92 Å². The van der Waals surface area contributed by atoms with Gasteiger partial charge in [-0.05, 0) is 51.4 Å². The van der Waals surface area contributed by atoms with Crippen molar-refractivity contribution in [2.45, 2.75) is 58.8 Å². The van der Waals surface area contributed by atoms with E-state index in [2.05, 4.69) is 24.1 Å². The van der Waals surface area contributed by atoms with Crippen molar-refractivity contribution < 1.29 is 0 Å². The summed E-state index contributed by atoms with van der Waals surface area (Å²) in [6, 6.07) is 0. The largest absolute Gasteiger partial charge is 0.317 e. The molecular formula is C15H32N2. The van der Waals surface area contributed by atoms with Gasteiger partial charge in [0.15, 0.2) is 0 Å². The van der Waals surface area contributed by atoms with Gasteiger partial charge in [0.05, 0.1) is 0 Å². The quantitative estimate of drug-likeness (QED) is 0.622. The van der Waals surface area contributed by atoms with Crippen LogP contribution in [0.1, 0.15) is 58.8 Å². The highest BCUT2D eigenvalue weighted by Gasteiger charge is 2.18. The van der Waals surface area contributed by atoms with Gasteiger partial charge in [0, 0.05) is 6.54 Å². The van der Waals surface area contributed by atoms with Crippen molar-refractivity contribution in [3.63, 3.8) is 0 Å². The molecule has 1 fully saturated rings. The van der Waals surface area contributed by atoms with E-state index in [1.165, 1.54) is 71.1 Å². The molecule has 1 atom stereocenters. The van der Waals surface area contributed by atoms with Gasteiger partial charge < -0.3 is 10.2 Å². The number of unbranched alkanes of at least 4 members (excludes halogenated alkanes) is 4. The van der Waals surface area contributed by atoms with Gasteiger partial charge in [0.1, 0.15) is 0 Å². The third-order valence-corrected chi connectivity index (χ3v) is 3.86. The molecule has 0 aromatic carbocycles. The zero-order chi connectivity index (χ0) is 12.3. The van der Waals surface area contributed by atoms with E-state index in [4.69, 9.17) is 0 Å². The molecule has 1 aliphatic heterocycles. The van der Waals surface area contributed by atoms with Crippen molar-refractivity contribution in [3.05, 3.63) is 0 Å². The third kappa shape index (κ3) is 7.05. The highest BCUT2D eigenvalue weighted by Crippen LogP contribution is 2.16. The number of hydrogen-bond donors (Lipinski definition) is 1.